The van der Waals surface area contributed by atoms with E-state index in [1.807, 2.05) is 0 Å². The fourth-order valence-corrected chi connectivity index (χ4v) is 2.49. The minimum atomic E-state index is 0.451. The van der Waals surface area contributed by atoms with Crippen LogP contribution in [0.3, 0.4) is 0 Å². The van der Waals surface area contributed by atoms with E-state index >= 15 is 0 Å². The van der Waals surface area contributed by atoms with Gasteiger partial charge in [0, 0.05) is 13.1 Å². The van der Waals surface area contributed by atoms with E-state index < -0.39 is 0 Å². The topological polar surface area (TPSA) is 24.5 Å². The highest BCUT2D eigenvalue weighted by molar-refractivity contribution is 4.77. The third-order valence-corrected chi connectivity index (χ3v) is 3.44. The molecule has 0 aromatic heterocycles. The summed E-state index contributed by atoms with van der Waals surface area (Å²) in [6, 6.07) is 0. The van der Waals surface area contributed by atoms with E-state index in [1.54, 1.807) is 0 Å². The Morgan fingerprint density at radius 1 is 1.12 bits per heavy atom. The van der Waals surface area contributed by atoms with Gasteiger partial charge in [0.05, 0.1) is 12.2 Å². The lowest BCUT2D eigenvalue weighted by atomic mass is 10.2. The average molecular weight is 242 g/mol. The molecular weight excluding hydrogens is 212 g/mol. The first-order valence-corrected chi connectivity index (χ1v) is 7.38. The van der Waals surface area contributed by atoms with Crippen molar-refractivity contribution < 1.29 is 4.74 Å². The fraction of sp³-hybridized carbons (Fsp3) is 1.00. The van der Waals surface area contributed by atoms with Crippen molar-refractivity contribution in [3.05, 3.63) is 0 Å². The van der Waals surface area contributed by atoms with E-state index in [4.69, 9.17) is 4.74 Å². The maximum atomic E-state index is 6.08. The lowest BCUT2D eigenvalue weighted by Crippen LogP contribution is -2.34. The van der Waals surface area contributed by atoms with Gasteiger partial charge in [0.25, 0.3) is 0 Å². The highest BCUT2D eigenvalue weighted by Crippen LogP contribution is 2.20. The molecule has 0 amide bonds. The van der Waals surface area contributed by atoms with E-state index in [-0.39, 0.29) is 0 Å². The fourth-order valence-electron chi connectivity index (χ4n) is 2.49. The van der Waals surface area contributed by atoms with E-state index in [0.29, 0.717) is 12.2 Å². The van der Waals surface area contributed by atoms with Crippen molar-refractivity contribution in [2.24, 2.45) is 0 Å². The van der Waals surface area contributed by atoms with Gasteiger partial charge in [0.15, 0.2) is 0 Å². The number of likely N-dealkylation sites (N-methyl/N-ethyl adjacent to an activating group) is 1. The van der Waals surface area contributed by atoms with Crippen LogP contribution in [0.4, 0.5) is 0 Å². The second kappa shape index (κ2) is 8.90. The molecule has 102 valence electrons. The molecule has 1 aliphatic heterocycles. The number of ether oxygens (including phenoxy) is 1. The van der Waals surface area contributed by atoms with Crippen molar-refractivity contribution in [3.63, 3.8) is 0 Å². The van der Waals surface area contributed by atoms with Gasteiger partial charge in [0.1, 0.15) is 0 Å². The summed E-state index contributed by atoms with van der Waals surface area (Å²) in [6.07, 6.45) is 5.82. The van der Waals surface area contributed by atoms with Gasteiger partial charge in [-0.15, -0.1) is 0 Å². The van der Waals surface area contributed by atoms with Crippen LogP contribution in [0.1, 0.15) is 46.5 Å². The van der Waals surface area contributed by atoms with Crippen LogP contribution < -0.4 is 5.32 Å². The van der Waals surface area contributed by atoms with Crippen molar-refractivity contribution in [1.29, 1.82) is 0 Å². The molecule has 2 atom stereocenters. The molecule has 3 heteroatoms. The zero-order valence-electron chi connectivity index (χ0n) is 11.9. The second-order valence-electron chi connectivity index (χ2n) is 5.05. The second-order valence-corrected chi connectivity index (χ2v) is 5.05. The molecule has 0 aromatic carbocycles. The molecule has 3 nitrogen and oxygen atoms in total. The molecule has 17 heavy (non-hydrogen) atoms. The first kappa shape index (κ1) is 14.9. The first-order valence-electron chi connectivity index (χ1n) is 7.38. The lowest BCUT2D eigenvalue weighted by molar-refractivity contribution is 0.0244. The normalized spacial score (nSPS) is 24.7. The molecule has 1 heterocycles. The summed E-state index contributed by atoms with van der Waals surface area (Å²) in [7, 11) is 0. The van der Waals surface area contributed by atoms with Crippen molar-refractivity contribution >= 4 is 0 Å². The van der Waals surface area contributed by atoms with E-state index in [0.717, 1.165) is 26.2 Å². The Hall–Kier alpha value is -0.120. The summed E-state index contributed by atoms with van der Waals surface area (Å²) in [5.41, 5.74) is 0. The smallest absolute Gasteiger partial charge is 0.0707 e. The van der Waals surface area contributed by atoms with Gasteiger partial charge >= 0.3 is 0 Å². The van der Waals surface area contributed by atoms with Crippen LogP contribution in [-0.2, 0) is 4.74 Å². The Labute approximate surface area is 107 Å². The summed E-state index contributed by atoms with van der Waals surface area (Å²) < 4.78 is 6.08. The molecule has 1 rings (SSSR count). The molecule has 2 unspecified atom stereocenters. The van der Waals surface area contributed by atoms with E-state index in [2.05, 4.69) is 31.0 Å². The van der Waals surface area contributed by atoms with Gasteiger partial charge in [0.2, 0.25) is 0 Å². The maximum absolute atomic E-state index is 6.08. The average Bonchev–Trinajstić information content (AvgIpc) is 2.77. The first-order chi connectivity index (χ1) is 8.30. The van der Waals surface area contributed by atoms with Crippen LogP contribution >= 0.6 is 0 Å². The van der Waals surface area contributed by atoms with Crippen LogP contribution in [0.5, 0.6) is 0 Å². The van der Waals surface area contributed by atoms with Crippen LogP contribution in [0.15, 0.2) is 0 Å². The van der Waals surface area contributed by atoms with Crippen molar-refractivity contribution in [2.45, 2.75) is 58.7 Å². The number of rotatable bonds is 9. The lowest BCUT2D eigenvalue weighted by Gasteiger charge is -2.23. The quantitative estimate of drug-likeness (QED) is 0.628. The third-order valence-electron chi connectivity index (χ3n) is 3.44. The molecule has 0 radical (unpaired) electrons. The Morgan fingerprint density at radius 2 is 1.88 bits per heavy atom. The molecule has 1 N–H and O–H groups in total. The molecule has 0 aromatic rings. The summed E-state index contributed by atoms with van der Waals surface area (Å²) in [6.45, 7) is 12.3. The minimum absolute atomic E-state index is 0.451. The van der Waals surface area contributed by atoms with Gasteiger partial charge in [-0.3, -0.25) is 0 Å². The Morgan fingerprint density at radius 3 is 2.53 bits per heavy atom. The molecule has 1 aliphatic rings. The number of hydrogen-bond acceptors (Lipinski definition) is 3. The van der Waals surface area contributed by atoms with E-state index in [9.17, 15) is 0 Å². The maximum Gasteiger partial charge on any atom is 0.0707 e. The molecule has 1 saturated heterocycles. The predicted octanol–water partition coefficient (Wildman–Crippen LogP) is 2.27. The van der Waals surface area contributed by atoms with Crippen molar-refractivity contribution in [1.82, 2.24) is 10.2 Å². The predicted molar refractivity (Wildman–Crippen MR) is 73.5 cm³/mol. The zero-order valence-corrected chi connectivity index (χ0v) is 11.9. The van der Waals surface area contributed by atoms with Gasteiger partial charge in [-0.05, 0) is 45.3 Å². The molecule has 0 spiro atoms. The number of nitrogens with one attached hydrogen (secondary N) is 1. The Kier molecular flexibility index (Phi) is 7.82. The molecule has 0 saturated carbocycles. The molecule has 0 bridgehead atoms. The van der Waals surface area contributed by atoms with Gasteiger partial charge in [-0.2, -0.15) is 0 Å². The zero-order chi connectivity index (χ0) is 12.5. The molecule has 1 fully saturated rings. The SMILES string of the molecule is CCCNCC1CCC(CN(CC)CCC)O1. The van der Waals surface area contributed by atoms with Crippen LogP contribution in [0, 0.1) is 0 Å². The molecule has 0 aliphatic carbocycles. The minimum Gasteiger partial charge on any atom is -0.372 e. The standard InChI is InChI=1S/C14H30N2O/c1-4-9-15-11-13-7-8-14(17-13)12-16(6-3)10-5-2/h13-15H,4-12H2,1-3H3. The largest absolute Gasteiger partial charge is 0.372 e. The number of nitrogens with zero attached hydrogens (tertiary/aromatic N) is 1. The monoisotopic (exact) mass is 242 g/mol. The van der Waals surface area contributed by atoms with Crippen LogP contribution in [0.25, 0.3) is 0 Å². The third kappa shape index (κ3) is 5.84. The van der Waals surface area contributed by atoms with Gasteiger partial charge in [-0.1, -0.05) is 20.8 Å². The molecular formula is C14H30N2O. The van der Waals surface area contributed by atoms with E-state index in [1.165, 1.54) is 32.2 Å². The summed E-state index contributed by atoms with van der Waals surface area (Å²) in [5, 5.41) is 3.45. The Bertz CT molecular complexity index is 187. The highest BCUT2D eigenvalue weighted by atomic mass is 16.5. The van der Waals surface area contributed by atoms with Crippen LogP contribution in [-0.4, -0.2) is 49.8 Å². The van der Waals surface area contributed by atoms with Gasteiger partial charge < -0.3 is 15.0 Å². The number of hydrogen-bond donors (Lipinski definition) is 1. The van der Waals surface area contributed by atoms with Gasteiger partial charge in [-0.25, -0.2) is 0 Å². The van der Waals surface area contributed by atoms with Crippen molar-refractivity contribution in [3.8, 4) is 0 Å². The highest BCUT2D eigenvalue weighted by Gasteiger charge is 2.25. The van der Waals surface area contributed by atoms with Crippen LogP contribution in [0.2, 0.25) is 0 Å². The van der Waals surface area contributed by atoms with Crippen molar-refractivity contribution in [2.75, 3.05) is 32.7 Å². The summed E-state index contributed by atoms with van der Waals surface area (Å²) in [5.74, 6) is 0. The summed E-state index contributed by atoms with van der Waals surface area (Å²) in [4.78, 5) is 2.51. The Balaban J connectivity index is 2.15. The summed E-state index contributed by atoms with van der Waals surface area (Å²) >= 11 is 0.